The minimum absolute atomic E-state index is 0.0299. The molecule has 0 aliphatic carbocycles. The molecule has 3 rings (SSSR count). The Kier molecular flexibility index (Phi) is 6.17. The number of aryl methyl sites for hydroxylation is 2. The lowest BCUT2D eigenvalue weighted by molar-refractivity contribution is -0.380. The molecule has 1 aliphatic rings. The Morgan fingerprint density at radius 3 is 2.43 bits per heavy atom. The van der Waals surface area contributed by atoms with Crippen molar-refractivity contribution >= 4 is 56.9 Å². The summed E-state index contributed by atoms with van der Waals surface area (Å²) in [5.41, 5.74) is 2.89. The van der Waals surface area contributed by atoms with Crippen LogP contribution in [0.25, 0.3) is 0 Å². The predicted molar refractivity (Wildman–Crippen MR) is 116 cm³/mol. The first-order valence-corrected chi connectivity index (χ1v) is 10.2. The van der Waals surface area contributed by atoms with E-state index in [9.17, 15) is 14.9 Å². The van der Waals surface area contributed by atoms with Crippen LogP contribution in [0.5, 0.6) is 0 Å². The average Bonchev–Trinajstić information content (AvgIpc) is 3.14. The van der Waals surface area contributed by atoms with Crippen molar-refractivity contribution in [1.29, 1.82) is 0 Å². The van der Waals surface area contributed by atoms with Gasteiger partial charge in [0.2, 0.25) is 0 Å². The smallest absolute Gasteiger partial charge is 0.324 e. The zero-order valence-electron chi connectivity index (χ0n) is 15.4. The molecule has 0 atom stereocenters. The number of anilines is 1. The molecule has 28 heavy (non-hydrogen) atoms. The van der Waals surface area contributed by atoms with Crippen molar-refractivity contribution in [1.82, 2.24) is 9.80 Å². The summed E-state index contributed by atoms with van der Waals surface area (Å²) in [4.78, 5) is 26.9. The molecule has 2 heterocycles. The highest BCUT2D eigenvalue weighted by molar-refractivity contribution is 7.80. The molecule has 0 radical (unpaired) electrons. The van der Waals surface area contributed by atoms with Crippen LogP contribution in [0.4, 0.5) is 10.7 Å². The molecule has 0 saturated carbocycles. The molecule has 1 aromatic carbocycles. The fourth-order valence-electron chi connectivity index (χ4n) is 3.07. The van der Waals surface area contributed by atoms with Crippen LogP contribution in [0.15, 0.2) is 24.3 Å². The zero-order chi connectivity index (χ0) is 20.4. The molecule has 1 aliphatic heterocycles. The second-order valence-electron chi connectivity index (χ2n) is 6.54. The Labute approximate surface area is 177 Å². The SMILES string of the molecule is Cc1cc(C)c(NC(=S)N2CCN(C(=O)c3ccc([N+](=O)[O-])s3)CC2)c(Cl)c1. The standard InChI is InChI=1S/C18H19ClN4O3S2/c1-11-9-12(2)16(13(19)10-11)20-18(27)22-7-5-21(6-8-22)17(24)14-3-4-15(28-14)23(25)26/h3-4,9-10H,5-8H2,1-2H3,(H,20,27). The Bertz CT molecular complexity index is 916. The zero-order valence-corrected chi connectivity index (χ0v) is 17.8. The normalized spacial score (nSPS) is 14.1. The summed E-state index contributed by atoms with van der Waals surface area (Å²) in [5, 5.41) is 15.2. The van der Waals surface area contributed by atoms with Crippen LogP contribution in [0.1, 0.15) is 20.8 Å². The number of hydrogen-bond donors (Lipinski definition) is 1. The second kappa shape index (κ2) is 8.42. The van der Waals surface area contributed by atoms with Gasteiger partial charge in [-0.25, -0.2) is 0 Å². The molecular weight excluding hydrogens is 420 g/mol. The molecule has 1 aromatic heterocycles. The van der Waals surface area contributed by atoms with E-state index in [0.29, 0.717) is 41.2 Å². The van der Waals surface area contributed by atoms with Crippen molar-refractivity contribution in [2.45, 2.75) is 13.8 Å². The first kappa shape index (κ1) is 20.5. The van der Waals surface area contributed by atoms with Crippen LogP contribution in [-0.2, 0) is 0 Å². The van der Waals surface area contributed by atoms with Gasteiger partial charge in [-0.2, -0.15) is 0 Å². The van der Waals surface area contributed by atoms with Gasteiger partial charge in [-0.15, -0.1) is 0 Å². The maximum atomic E-state index is 12.6. The number of halogens is 1. The van der Waals surface area contributed by atoms with Gasteiger partial charge in [0, 0.05) is 32.2 Å². The van der Waals surface area contributed by atoms with E-state index in [1.54, 1.807) is 4.90 Å². The largest absolute Gasteiger partial charge is 0.345 e. The first-order valence-electron chi connectivity index (χ1n) is 8.62. The fraction of sp³-hybridized carbons (Fsp3) is 0.333. The van der Waals surface area contributed by atoms with Crippen molar-refractivity contribution in [2.75, 3.05) is 31.5 Å². The van der Waals surface area contributed by atoms with Gasteiger partial charge in [0.15, 0.2) is 5.11 Å². The number of carbonyl (C=O) groups excluding carboxylic acids is 1. The second-order valence-corrected chi connectivity index (χ2v) is 8.40. The minimum Gasteiger partial charge on any atom is -0.345 e. The van der Waals surface area contributed by atoms with Gasteiger partial charge >= 0.3 is 5.00 Å². The molecule has 10 heteroatoms. The van der Waals surface area contributed by atoms with E-state index in [-0.39, 0.29) is 10.9 Å². The van der Waals surface area contributed by atoms with Gasteiger partial charge in [0.05, 0.1) is 20.5 Å². The van der Waals surface area contributed by atoms with E-state index < -0.39 is 4.92 Å². The van der Waals surface area contributed by atoms with Gasteiger partial charge < -0.3 is 15.1 Å². The Balaban J connectivity index is 1.59. The number of nitro groups is 1. The summed E-state index contributed by atoms with van der Waals surface area (Å²) in [6, 6.07) is 6.79. The summed E-state index contributed by atoms with van der Waals surface area (Å²) in [7, 11) is 0. The molecular formula is C18H19ClN4O3S2. The van der Waals surface area contributed by atoms with Gasteiger partial charge in [-0.3, -0.25) is 14.9 Å². The summed E-state index contributed by atoms with van der Waals surface area (Å²) in [5.74, 6) is -0.186. The van der Waals surface area contributed by atoms with Gasteiger partial charge in [0.1, 0.15) is 0 Å². The highest BCUT2D eigenvalue weighted by Crippen LogP contribution is 2.28. The monoisotopic (exact) mass is 438 g/mol. The number of nitrogens with one attached hydrogen (secondary N) is 1. The lowest BCUT2D eigenvalue weighted by atomic mass is 10.1. The first-order chi connectivity index (χ1) is 13.3. The number of thiocarbonyl (C=S) groups is 1. The van der Waals surface area contributed by atoms with Crippen molar-refractivity contribution in [2.24, 2.45) is 0 Å². The molecule has 7 nitrogen and oxygen atoms in total. The number of nitrogens with zero attached hydrogens (tertiary/aromatic N) is 3. The number of piperazine rings is 1. The van der Waals surface area contributed by atoms with Gasteiger partial charge in [-0.1, -0.05) is 29.0 Å². The van der Waals surface area contributed by atoms with Crippen molar-refractivity contribution in [3.8, 4) is 0 Å². The van der Waals surface area contributed by atoms with E-state index in [2.05, 4.69) is 5.32 Å². The lowest BCUT2D eigenvalue weighted by Crippen LogP contribution is -2.51. The van der Waals surface area contributed by atoms with Crippen LogP contribution in [0, 0.1) is 24.0 Å². The van der Waals surface area contributed by atoms with Crippen molar-refractivity contribution in [3.05, 3.63) is 55.4 Å². The third-order valence-corrected chi connectivity index (χ3v) is 6.18. The van der Waals surface area contributed by atoms with E-state index in [1.165, 1.54) is 12.1 Å². The number of hydrogen-bond acceptors (Lipinski definition) is 5. The van der Waals surface area contributed by atoms with Crippen molar-refractivity contribution < 1.29 is 9.72 Å². The van der Waals surface area contributed by atoms with Crippen LogP contribution in [0.3, 0.4) is 0 Å². The van der Waals surface area contributed by atoms with Crippen molar-refractivity contribution in [3.63, 3.8) is 0 Å². The van der Waals surface area contributed by atoms with Gasteiger partial charge in [0.25, 0.3) is 5.91 Å². The number of carbonyl (C=O) groups is 1. The molecule has 0 unspecified atom stereocenters. The molecule has 0 spiro atoms. The maximum absolute atomic E-state index is 12.6. The molecule has 2 aromatic rings. The maximum Gasteiger partial charge on any atom is 0.324 e. The highest BCUT2D eigenvalue weighted by Gasteiger charge is 2.26. The van der Waals surface area contributed by atoms with Gasteiger partial charge in [-0.05, 0) is 49.3 Å². The van der Waals surface area contributed by atoms with Crippen LogP contribution < -0.4 is 5.32 Å². The van der Waals surface area contributed by atoms with Crippen LogP contribution in [0.2, 0.25) is 5.02 Å². The molecule has 148 valence electrons. The third-order valence-electron chi connectivity index (χ3n) is 4.50. The third kappa shape index (κ3) is 4.43. The van der Waals surface area contributed by atoms with E-state index in [0.717, 1.165) is 28.2 Å². The predicted octanol–water partition coefficient (Wildman–Crippen LogP) is 4.08. The van der Waals surface area contributed by atoms with Crippen LogP contribution >= 0.6 is 35.2 Å². The summed E-state index contributed by atoms with van der Waals surface area (Å²) >= 11 is 12.8. The molecule has 1 fully saturated rings. The molecule has 0 bridgehead atoms. The topological polar surface area (TPSA) is 78.7 Å². The Morgan fingerprint density at radius 2 is 1.86 bits per heavy atom. The quantitative estimate of drug-likeness (QED) is 0.442. The van der Waals surface area contributed by atoms with Crippen LogP contribution in [-0.4, -0.2) is 51.9 Å². The highest BCUT2D eigenvalue weighted by atomic mass is 35.5. The Morgan fingerprint density at radius 1 is 1.21 bits per heavy atom. The molecule has 1 amide bonds. The number of amides is 1. The summed E-state index contributed by atoms with van der Waals surface area (Å²) in [6.45, 7) is 6.10. The molecule has 1 saturated heterocycles. The number of rotatable bonds is 3. The van der Waals surface area contributed by atoms with E-state index in [4.69, 9.17) is 23.8 Å². The number of thiophene rings is 1. The summed E-state index contributed by atoms with van der Waals surface area (Å²) < 4.78 is 0. The minimum atomic E-state index is -0.484. The van der Waals surface area contributed by atoms with E-state index in [1.807, 2.05) is 30.9 Å². The number of benzene rings is 1. The fourth-order valence-corrected chi connectivity index (χ4v) is 4.51. The average molecular weight is 439 g/mol. The lowest BCUT2D eigenvalue weighted by Gasteiger charge is -2.36. The molecule has 1 N–H and O–H groups in total. The van der Waals surface area contributed by atoms with E-state index >= 15 is 0 Å². The summed E-state index contributed by atoms with van der Waals surface area (Å²) in [6.07, 6.45) is 0. The Hall–Kier alpha value is -2.23.